The van der Waals surface area contributed by atoms with E-state index in [1.807, 2.05) is 19.1 Å². The minimum Gasteiger partial charge on any atom is -0.366 e. The highest BCUT2D eigenvalue weighted by Gasteiger charge is 2.16. The molecule has 0 aliphatic carbocycles. The lowest BCUT2D eigenvalue weighted by Gasteiger charge is -2.30. The van der Waals surface area contributed by atoms with Gasteiger partial charge in [0.05, 0.1) is 0 Å². The molecule has 1 atom stereocenters. The van der Waals surface area contributed by atoms with Gasteiger partial charge in [-0.15, -0.1) is 0 Å². The number of anilines is 1. The Hall–Kier alpha value is -1.09. The number of nitrogens with zero attached hydrogens (tertiary/aromatic N) is 2. The third-order valence-corrected chi connectivity index (χ3v) is 2.86. The molecular weight excluding hydrogens is 186 g/mol. The molecule has 3 heteroatoms. The van der Waals surface area contributed by atoms with E-state index in [0.717, 1.165) is 18.1 Å². The van der Waals surface area contributed by atoms with Crippen LogP contribution >= 0.6 is 0 Å². The van der Waals surface area contributed by atoms with E-state index in [1.165, 1.54) is 19.4 Å². The second kappa shape index (κ2) is 4.62. The van der Waals surface area contributed by atoms with Gasteiger partial charge in [-0.1, -0.05) is 6.07 Å². The molecule has 0 radical (unpaired) electrons. The van der Waals surface area contributed by atoms with Crippen molar-refractivity contribution in [2.75, 3.05) is 25.5 Å². The average molecular weight is 205 g/mol. The van der Waals surface area contributed by atoms with E-state index in [0.29, 0.717) is 6.04 Å². The highest BCUT2D eigenvalue weighted by Crippen LogP contribution is 2.13. The van der Waals surface area contributed by atoms with Crippen molar-refractivity contribution in [3.63, 3.8) is 0 Å². The molecule has 0 amide bonds. The van der Waals surface area contributed by atoms with Gasteiger partial charge < -0.3 is 10.2 Å². The van der Waals surface area contributed by atoms with Gasteiger partial charge in [-0.05, 0) is 45.5 Å². The minimum absolute atomic E-state index is 0.554. The lowest BCUT2D eigenvalue weighted by molar-refractivity contribution is 0.261. The Balaban J connectivity index is 1.96. The van der Waals surface area contributed by atoms with Crippen LogP contribution in [0.5, 0.6) is 0 Å². The van der Waals surface area contributed by atoms with Crippen LogP contribution in [-0.2, 0) is 0 Å². The normalized spacial score (nSPS) is 22.7. The van der Waals surface area contributed by atoms with Crippen LogP contribution in [0.3, 0.4) is 0 Å². The van der Waals surface area contributed by atoms with Crippen LogP contribution in [0.15, 0.2) is 18.2 Å². The Morgan fingerprint density at radius 1 is 1.47 bits per heavy atom. The summed E-state index contributed by atoms with van der Waals surface area (Å²) in [6, 6.07) is 6.68. The molecule has 1 aliphatic heterocycles. The van der Waals surface area contributed by atoms with Gasteiger partial charge in [0.1, 0.15) is 5.82 Å². The quantitative estimate of drug-likeness (QED) is 0.799. The molecule has 1 saturated heterocycles. The summed E-state index contributed by atoms with van der Waals surface area (Å²) in [5.74, 6) is 1.01. The van der Waals surface area contributed by atoms with Crippen molar-refractivity contribution in [2.24, 2.45) is 0 Å². The van der Waals surface area contributed by atoms with Crippen molar-refractivity contribution in [3.05, 3.63) is 23.9 Å². The van der Waals surface area contributed by atoms with Gasteiger partial charge in [0.25, 0.3) is 0 Å². The lowest BCUT2D eigenvalue weighted by atomic mass is 10.1. The summed E-state index contributed by atoms with van der Waals surface area (Å²) >= 11 is 0. The maximum Gasteiger partial charge on any atom is 0.126 e. The molecule has 82 valence electrons. The summed E-state index contributed by atoms with van der Waals surface area (Å²) in [6.45, 7) is 4.37. The van der Waals surface area contributed by atoms with Gasteiger partial charge >= 0.3 is 0 Å². The van der Waals surface area contributed by atoms with Crippen molar-refractivity contribution in [2.45, 2.75) is 25.8 Å². The van der Waals surface area contributed by atoms with Crippen LogP contribution in [0.2, 0.25) is 0 Å². The maximum atomic E-state index is 4.46. The number of nitrogens with one attached hydrogen (secondary N) is 1. The molecule has 2 rings (SSSR count). The van der Waals surface area contributed by atoms with Crippen molar-refractivity contribution in [3.8, 4) is 0 Å². The first-order valence-electron chi connectivity index (χ1n) is 5.63. The van der Waals surface area contributed by atoms with Crippen LogP contribution in [0, 0.1) is 6.92 Å². The molecule has 3 nitrogen and oxygen atoms in total. The maximum absolute atomic E-state index is 4.46. The number of likely N-dealkylation sites (tertiary alicyclic amines) is 1. The number of rotatable bonds is 2. The second-order valence-electron chi connectivity index (χ2n) is 4.41. The summed E-state index contributed by atoms with van der Waals surface area (Å²) in [5.41, 5.74) is 1.07. The van der Waals surface area contributed by atoms with E-state index in [1.54, 1.807) is 0 Å². The molecule has 1 aromatic heterocycles. The fourth-order valence-electron chi connectivity index (χ4n) is 2.12. The molecule has 0 saturated carbocycles. The van der Waals surface area contributed by atoms with Crippen LogP contribution in [-0.4, -0.2) is 36.1 Å². The number of pyridine rings is 1. The summed E-state index contributed by atoms with van der Waals surface area (Å²) in [7, 11) is 2.18. The molecule has 1 N–H and O–H groups in total. The first-order chi connectivity index (χ1) is 7.24. The Kier molecular flexibility index (Phi) is 3.21. The summed E-state index contributed by atoms with van der Waals surface area (Å²) in [5, 5.41) is 3.50. The smallest absolute Gasteiger partial charge is 0.126 e. The fraction of sp³-hybridized carbons (Fsp3) is 0.583. The number of aryl methyl sites for hydroxylation is 1. The van der Waals surface area contributed by atoms with Gasteiger partial charge in [-0.2, -0.15) is 0 Å². The molecule has 1 aliphatic rings. The van der Waals surface area contributed by atoms with E-state index in [4.69, 9.17) is 0 Å². The molecule has 0 spiro atoms. The Morgan fingerprint density at radius 2 is 2.33 bits per heavy atom. The van der Waals surface area contributed by atoms with Gasteiger partial charge in [-0.3, -0.25) is 0 Å². The van der Waals surface area contributed by atoms with Crippen LogP contribution in [0.1, 0.15) is 18.5 Å². The highest BCUT2D eigenvalue weighted by atomic mass is 15.1. The zero-order chi connectivity index (χ0) is 10.7. The standard InChI is InChI=1S/C12H19N3/c1-10-5-3-7-12(13-10)14-11-6-4-8-15(2)9-11/h3,5,7,11H,4,6,8-9H2,1-2H3,(H,13,14). The lowest BCUT2D eigenvalue weighted by Crippen LogP contribution is -2.39. The molecule has 1 aromatic rings. The van der Waals surface area contributed by atoms with E-state index < -0.39 is 0 Å². The van der Waals surface area contributed by atoms with Crippen molar-refractivity contribution < 1.29 is 0 Å². The summed E-state index contributed by atoms with van der Waals surface area (Å²) in [6.07, 6.45) is 2.53. The van der Waals surface area contributed by atoms with Crippen LogP contribution in [0.4, 0.5) is 5.82 Å². The average Bonchev–Trinajstić information content (AvgIpc) is 2.17. The second-order valence-corrected chi connectivity index (χ2v) is 4.41. The molecule has 1 fully saturated rings. The molecule has 0 aromatic carbocycles. The topological polar surface area (TPSA) is 28.2 Å². The van der Waals surface area contributed by atoms with Crippen molar-refractivity contribution in [1.29, 1.82) is 0 Å². The third kappa shape index (κ3) is 2.93. The first kappa shape index (κ1) is 10.4. The van der Waals surface area contributed by atoms with Crippen LogP contribution in [0.25, 0.3) is 0 Å². The summed E-state index contributed by atoms with van der Waals surface area (Å²) in [4.78, 5) is 6.83. The summed E-state index contributed by atoms with van der Waals surface area (Å²) < 4.78 is 0. The minimum atomic E-state index is 0.554. The molecule has 2 heterocycles. The molecule has 0 bridgehead atoms. The Morgan fingerprint density at radius 3 is 3.07 bits per heavy atom. The predicted molar refractivity (Wildman–Crippen MR) is 63.1 cm³/mol. The van der Waals surface area contributed by atoms with E-state index in [9.17, 15) is 0 Å². The molecule has 15 heavy (non-hydrogen) atoms. The van der Waals surface area contributed by atoms with E-state index >= 15 is 0 Å². The predicted octanol–water partition coefficient (Wildman–Crippen LogP) is 1.90. The zero-order valence-corrected chi connectivity index (χ0v) is 9.53. The third-order valence-electron chi connectivity index (χ3n) is 2.86. The largest absolute Gasteiger partial charge is 0.366 e. The van der Waals surface area contributed by atoms with Crippen molar-refractivity contribution >= 4 is 5.82 Å². The zero-order valence-electron chi connectivity index (χ0n) is 9.53. The SMILES string of the molecule is Cc1cccc(NC2CCCN(C)C2)n1. The van der Waals surface area contributed by atoms with Gasteiger partial charge in [-0.25, -0.2) is 4.98 Å². The Labute approximate surface area is 91.5 Å². The fourth-order valence-corrected chi connectivity index (χ4v) is 2.12. The number of likely N-dealkylation sites (N-methyl/N-ethyl adjacent to an activating group) is 1. The molecule has 1 unspecified atom stereocenters. The first-order valence-corrected chi connectivity index (χ1v) is 5.63. The van der Waals surface area contributed by atoms with Gasteiger partial charge in [0, 0.05) is 18.3 Å². The highest BCUT2D eigenvalue weighted by molar-refractivity contribution is 5.36. The Bertz CT molecular complexity index is 324. The van der Waals surface area contributed by atoms with E-state index in [-0.39, 0.29) is 0 Å². The number of aromatic nitrogens is 1. The van der Waals surface area contributed by atoms with Crippen LogP contribution < -0.4 is 5.32 Å². The monoisotopic (exact) mass is 205 g/mol. The molecular formula is C12H19N3. The number of piperidine rings is 1. The van der Waals surface area contributed by atoms with E-state index in [2.05, 4.69) is 28.3 Å². The van der Waals surface area contributed by atoms with Crippen molar-refractivity contribution in [1.82, 2.24) is 9.88 Å². The number of hydrogen-bond donors (Lipinski definition) is 1. The number of hydrogen-bond acceptors (Lipinski definition) is 3. The van der Waals surface area contributed by atoms with Gasteiger partial charge in [0.15, 0.2) is 0 Å². The van der Waals surface area contributed by atoms with Gasteiger partial charge in [0.2, 0.25) is 0 Å².